The second-order valence-corrected chi connectivity index (χ2v) is 8.40. The van der Waals surface area contributed by atoms with Crippen molar-refractivity contribution in [1.29, 1.82) is 0 Å². The number of amides is 2. The molecule has 8 heteroatoms. The van der Waals surface area contributed by atoms with Crippen LogP contribution in [0.25, 0.3) is 0 Å². The summed E-state index contributed by atoms with van der Waals surface area (Å²) >= 11 is 0. The molecular formula is C26H29N5O3. The molecular weight excluding hydrogens is 430 g/mol. The Labute approximate surface area is 199 Å². The van der Waals surface area contributed by atoms with Crippen molar-refractivity contribution in [3.63, 3.8) is 0 Å². The van der Waals surface area contributed by atoms with Gasteiger partial charge in [-0.05, 0) is 49.7 Å². The molecule has 0 bridgehead atoms. The molecule has 8 nitrogen and oxygen atoms in total. The molecule has 3 aromatic rings. The van der Waals surface area contributed by atoms with E-state index in [1.165, 1.54) is 0 Å². The molecule has 1 N–H and O–H groups in total. The summed E-state index contributed by atoms with van der Waals surface area (Å²) in [5, 5.41) is 3.26. The highest BCUT2D eigenvalue weighted by molar-refractivity contribution is 5.95. The Bertz CT molecular complexity index is 1180. The molecule has 1 fully saturated rings. The first-order chi connectivity index (χ1) is 16.3. The fourth-order valence-corrected chi connectivity index (χ4v) is 4.30. The summed E-state index contributed by atoms with van der Waals surface area (Å²) < 4.78 is 5.26. The second kappa shape index (κ2) is 9.91. The van der Waals surface area contributed by atoms with Gasteiger partial charge in [-0.1, -0.05) is 18.2 Å². The zero-order valence-corrected chi connectivity index (χ0v) is 19.9. The summed E-state index contributed by atoms with van der Waals surface area (Å²) in [6.45, 7) is 6.71. The predicted molar refractivity (Wildman–Crippen MR) is 130 cm³/mol. The molecule has 1 aliphatic rings. The van der Waals surface area contributed by atoms with Crippen LogP contribution in [0.1, 0.15) is 40.4 Å². The van der Waals surface area contributed by atoms with Crippen LogP contribution in [0.4, 0.5) is 11.5 Å². The summed E-state index contributed by atoms with van der Waals surface area (Å²) in [6, 6.07) is 16.7. The summed E-state index contributed by atoms with van der Waals surface area (Å²) in [7, 11) is 1.62. The van der Waals surface area contributed by atoms with Gasteiger partial charge in [-0.3, -0.25) is 9.59 Å². The summed E-state index contributed by atoms with van der Waals surface area (Å²) in [4.78, 5) is 38.1. The largest absolute Gasteiger partial charge is 0.497 e. The molecule has 2 aromatic carbocycles. The molecule has 1 aromatic heterocycles. The van der Waals surface area contributed by atoms with E-state index in [0.717, 1.165) is 22.7 Å². The maximum absolute atomic E-state index is 13.4. The summed E-state index contributed by atoms with van der Waals surface area (Å²) in [5.74, 6) is 2.04. The Kier molecular flexibility index (Phi) is 6.77. The van der Waals surface area contributed by atoms with E-state index >= 15 is 0 Å². The maximum atomic E-state index is 13.4. The number of hydrogen-bond acceptors (Lipinski definition) is 6. The molecule has 1 unspecified atom stereocenters. The third-order valence-electron chi connectivity index (χ3n) is 5.92. The van der Waals surface area contributed by atoms with Gasteiger partial charge in [-0.15, -0.1) is 0 Å². The van der Waals surface area contributed by atoms with Gasteiger partial charge in [0.2, 0.25) is 5.91 Å². The van der Waals surface area contributed by atoms with Gasteiger partial charge in [0.15, 0.2) is 0 Å². The van der Waals surface area contributed by atoms with Crippen molar-refractivity contribution < 1.29 is 14.3 Å². The zero-order valence-electron chi connectivity index (χ0n) is 19.9. The van der Waals surface area contributed by atoms with Crippen LogP contribution in [0, 0.1) is 13.8 Å². The molecule has 1 saturated heterocycles. The van der Waals surface area contributed by atoms with Gasteiger partial charge >= 0.3 is 0 Å². The number of nitrogens with one attached hydrogen (secondary N) is 1. The highest BCUT2D eigenvalue weighted by Gasteiger charge is 2.32. The van der Waals surface area contributed by atoms with Crippen LogP contribution >= 0.6 is 0 Å². The van der Waals surface area contributed by atoms with Crippen molar-refractivity contribution >= 4 is 23.3 Å². The van der Waals surface area contributed by atoms with Crippen LogP contribution in [0.15, 0.2) is 54.6 Å². The van der Waals surface area contributed by atoms with Gasteiger partial charge in [0.1, 0.15) is 17.4 Å². The van der Waals surface area contributed by atoms with Crippen LogP contribution in [0.2, 0.25) is 0 Å². The van der Waals surface area contributed by atoms with Crippen molar-refractivity contribution in [3.8, 4) is 5.75 Å². The minimum absolute atomic E-state index is 0.00504. The molecule has 1 aliphatic heterocycles. The van der Waals surface area contributed by atoms with E-state index in [-0.39, 0.29) is 17.9 Å². The Balaban J connectivity index is 1.54. The van der Waals surface area contributed by atoms with Gasteiger partial charge in [-0.2, -0.15) is 0 Å². The van der Waals surface area contributed by atoms with E-state index in [1.54, 1.807) is 14.0 Å². The minimum Gasteiger partial charge on any atom is -0.497 e. The average Bonchev–Trinajstić information content (AvgIpc) is 2.82. The quantitative estimate of drug-likeness (QED) is 0.623. The number of anilines is 2. The number of carbonyl (C=O) groups is 2. The zero-order chi connectivity index (χ0) is 24.2. The number of carbonyl (C=O) groups excluding carboxylic acids is 2. The molecule has 1 atom stereocenters. The number of methoxy groups -OCH3 is 1. The van der Waals surface area contributed by atoms with E-state index in [0.29, 0.717) is 36.8 Å². The highest BCUT2D eigenvalue weighted by atomic mass is 16.5. The normalized spacial score (nSPS) is 15.7. The number of rotatable bonds is 5. The lowest BCUT2D eigenvalue weighted by Crippen LogP contribution is -2.51. The lowest BCUT2D eigenvalue weighted by atomic mass is 10.0. The number of hydrogen-bond donors (Lipinski definition) is 1. The SMILES string of the molecule is COc1ccc(C2CN(C(=O)c3cccc(Nc4cc(C)nc(C)n4)c3)CCN2C(C)=O)cc1. The minimum atomic E-state index is -0.214. The summed E-state index contributed by atoms with van der Waals surface area (Å²) in [6.07, 6.45) is 0. The van der Waals surface area contributed by atoms with Crippen molar-refractivity contribution in [3.05, 3.63) is 77.2 Å². The van der Waals surface area contributed by atoms with Crippen LogP contribution in [-0.4, -0.2) is 58.3 Å². The smallest absolute Gasteiger partial charge is 0.254 e. The van der Waals surface area contributed by atoms with Gasteiger partial charge in [0, 0.05) is 49.6 Å². The molecule has 0 aliphatic carbocycles. The lowest BCUT2D eigenvalue weighted by Gasteiger charge is -2.41. The summed E-state index contributed by atoms with van der Waals surface area (Å²) in [5.41, 5.74) is 3.20. The third kappa shape index (κ3) is 5.17. The van der Waals surface area contributed by atoms with Gasteiger partial charge in [-0.25, -0.2) is 9.97 Å². The van der Waals surface area contributed by atoms with Crippen molar-refractivity contribution in [2.45, 2.75) is 26.8 Å². The molecule has 0 radical (unpaired) electrons. The Morgan fingerprint density at radius 3 is 2.47 bits per heavy atom. The maximum Gasteiger partial charge on any atom is 0.254 e. The number of aromatic nitrogens is 2. The highest BCUT2D eigenvalue weighted by Crippen LogP contribution is 2.28. The van der Waals surface area contributed by atoms with E-state index in [2.05, 4.69) is 15.3 Å². The lowest BCUT2D eigenvalue weighted by molar-refractivity contribution is -0.133. The van der Waals surface area contributed by atoms with Gasteiger partial charge < -0.3 is 19.9 Å². The number of aryl methyl sites for hydroxylation is 2. The monoisotopic (exact) mass is 459 g/mol. The Morgan fingerprint density at radius 2 is 1.79 bits per heavy atom. The van der Waals surface area contributed by atoms with Crippen molar-refractivity contribution in [2.24, 2.45) is 0 Å². The first-order valence-corrected chi connectivity index (χ1v) is 11.2. The number of ether oxygens (including phenoxy) is 1. The molecule has 0 saturated carbocycles. The number of piperazine rings is 1. The first kappa shape index (κ1) is 23.2. The number of benzene rings is 2. The Morgan fingerprint density at radius 1 is 1.03 bits per heavy atom. The molecule has 34 heavy (non-hydrogen) atoms. The molecule has 2 heterocycles. The standard InChI is InChI=1S/C26H29N5O3/c1-17-14-25(28-18(2)27-17)29-22-7-5-6-21(15-22)26(33)30-12-13-31(19(3)32)24(16-30)20-8-10-23(34-4)11-9-20/h5-11,14-15,24H,12-13,16H2,1-4H3,(H,27,28,29). The molecule has 2 amide bonds. The van der Waals surface area contributed by atoms with Crippen LogP contribution < -0.4 is 10.1 Å². The van der Waals surface area contributed by atoms with E-state index in [1.807, 2.05) is 78.2 Å². The third-order valence-corrected chi connectivity index (χ3v) is 5.92. The van der Waals surface area contributed by atoms with Gasteiger partial charge in [0.05, 0.1) is 13.2 Å². The Hall–Kier alpha value is -3.94. The molecule has 0 spiro atoms. The van der Waals surface area contributed by atoms with Crippen LogP contribution in [-0.2, 0) is 4.79 Å². The second-order valence-electron chi connectivity index (χ2n) is 8.40. The fraction of sp³-hybridized carbons (Fsp3) is 0.308. The van der Waals surface area contributed by atoms with Crippen LogP contribution in [0.5, 0.6) is 5.75 Å². The van der Waals surface area contributed by atoms with E-state index in [9.17, 15) is 9.59 Å². The first-order valence-electron chi connectivity index (χ1n) is 11.2. The fourth-order valence-electron chi connectivity index (χ4n) is 4.30. The number of nitrogens with zero attached hydrogens (tertiary/aromatic N) is 4. The van der Waals surface area contributed by atoms with Gasteiger partial charge in [0.25, 0.3) is 5.91 Å². The topological polar surface area (TPSA) is 87.7 Å². The van der Waals surface area contributed by atoms with Crippen molar-refractivity contribution in [1.82, 2.24) is 19.8 Å². The average molecular weight is 460 g/mol. The predicted octanol–water partition coefficient (Wildman–Crippen LogP) is 3.89. The van der Waals surface area contributed by atoms with Crippen molar-refractivity contribution in [2.75, 3.05) is 32.1 Å². The van der Waals surface area contributed by atoms with Crippen LogP contribution in [0.3, 0.4) is 0 Å². The van der Waals surface area contributed by atoms with E-state index < -0.39 is 0 Å². The van der Waals surface area contributed by atoms with E-state index in [4.69, 9.17) is 4.74 Å². The molecule has 176 valence electrons. The molecule has 4 rings (SSSR count).